The minimum atomic E-state index is -0.351. The molecule has 4 heteroatoms. The summed E-state index contributed by atoms with van der Waals surface area (Å²) in [6.45, 7) is 3.61. The topological polar surface area (TPSA) is 72.5 Å². The van der Waals surface area contributed by atoms with Crippen molar-refractivity contribution in [3.05, 3.63) is 29.8 Å². The summed E-state index contributed by atoms with van der Waals surface area (Å²) in [6.07, 6.45) is 0.612. The third-order valence-electron chi connectivity index (χ3n) is 2.36. The normalized spacial score (nSPS) is 12.5. The fourth-order valence-electron chi connectivity index (χ4n) is 1.55. The molecule has 1 aromatic carbocycles. The Morgan fingerprint density at radius 2 is 2.06 bits per heavy atom. The second-order valence-corrected chi connectivity index (χ2v) is 4.24. The van der Waals surface area contributed by atoms with Crippen molar-refractivity contribution in [3.8, 4) is 5.75 Å². The molecule has 0 aliphatic heterocycles. The van der Waals surface area contributed by atoms with E-state index in [1.165, 1.54) is 0 Å². The molecule has 0 heterocycles. The van der Waals surface area contributed by atoms with Crippen molar-refractivity contribution in [3.63, 3.8) is 0 Å². The lowest BCUT2D eigenvalue weighted by atomic mass is 10.0. The van der Waals surface area contributed by atoms with Crippen molar-refractivity contribution < 1.29 is 14.6 Å². The smallest absolute Gasteiger partial charge is 0.306 e. The van der Waals surface area contributed by atoms with E-state index in [0.717, 1.165) is 0 Å². The van der Waals surface area contributed by atoms with Crippen LogP contribution in [-0.4, -0.2) is 17.2 Å². The summed E-state index contributed by atoms with van der Waals surface area (Å²) >= 11 is 0. The molecule has 0 radical (unpaired) electrons. The standard InChI is InChI=1S/C13H19NO3/c1-9(2)17-13(16)8-7-11(14)10-5-3-4-6-12(10)15/h3-6,9,11,15H,7-8,14H2,1-2H3. The van der Waals surface area contributed by atoms with E-state index in [2.05, 4.69) is 0 Å². The number of ether oxygens (including phenoxy) is 1. The molecule has 0 saturated heterocycles. The van der Waals surface area contributed by atoms with Gasteiger partial charge < -0.3 is 15.6 Å². The molecule has 3 N–H and O–H groups in total. The molecule has 1 rings (SSSR count). The van der Waals surface area contributed by atoms with Crippen molar-refractivity contribution in [2.75, 3.05) is 0 Å². The maximum Gasteiger partial charge on any atom is 0.306 e. The Morgan fingerprint density at radius 1 is 1.41 bits per heavy atom. The van der Waals surface area contributed by atoms with Gasteiger partial charge in [-0.1, -0.05) is 18.2 Å². The van der Waals surface area contributed by atoms with E-state index in [1.807, 2.05) is 0 Å². The minimum absolute atomic E-state index is 0.108. The van der Waals surface area contributed by atoms with Crippen LogP contribution in [0.1, 0.15) is 38.3 Å². The minimum Gasteiger partial charge on any atom is -0.508 e. The van der Waals surface area contributed by atoms with Crippen molar-refractivity contribution in [2.24, 2.45) is 5.73 Å². The molecule has 1 atom stereocenters. The quantitative estimate of drug-likeness (QED) is 0.769. The largest absolute Gasteiger partial charge is 0.508 e. The molecule has 0 aliphatic carbocycles. The lowest BCUT2D eigenvalue weighted by Crippen LogP contribution is -2.16. The highest BCUT2D eigenvalue weighted by molar-refractivity contribution is 5.69. The molecular weight excluding hydrogens is 218 g/mol. The Bertz CT molecular complexity index is 377. The molecule has 4 nitrogen and oxygen atoms in total. The molecule has 1 aromatic rings. The maximum absolute atomic E-state index is 11.3. The summed E-state index contributed by atoms with van der Waals surface area (Å²) in [7, 11) is 0. The third kappa shape index (κ3) is 4.44. The van der Waals surface area contributed by atoms with E-state index >= 15 is 0 Å². The van der Waals surface area contributed by atoms with Crippen LogP contribution in [0.5, 0.6) is 5.75 Å². The summed E-state index contributed by atoms with van der Waals surface area (Å²) in [6, 6.07) is 6.53. The molecule has 1 unspecified atom stereocenters. The molecule has 0 aliphatic rings. The summed E-state index contributed by atoms with van der Waals surface area (Å²) in [5, 5.41) is 9.60. The van der Waals surface area contributed by atoms with Gasteiger partial charge in [0.2, 0.25) is 0 Å². The highest BCUT2D eigenvalue weighted by atomic mass is 16.5. The first kappa shape index (κ1) is 13.5. The molecular formula is C13H19NO3. The number of hydrogen-bond donors (Lipinski definition) is 2. The summed E-state index contributed by atoms with van der Waals surface area (Å²) in [4.78, 5) is 11.3. The average molecular weight is 237 g/mol. The summed E-state index contributed by atoms with van der Waals surface area (Å²) in [5.41, 5.74) is 6.56. The monoisotopic (exact) mass is 237 g/mol. The number of aromatic hydroxyl groups is 1. The van der Waals surface area contributed by atoms with Gasteiger partial charge in [-0.3, -0.25) is 4.79 Å². The molecule has 0 amide bonds. The van der Waals surface area contributed by atoms with Crippen LogP contribution in [0, 0.1) is 0 Å². The van der Waals surface area contributed by atoms with Crippen LogP contribution in [0.25, 0.3) is 0 Å². The van der Waals surface area contributed by atoms with E-state index in [9.17, 15) is 9.90 Å². The van der Waals surface area contributed by atoms with Crippen LogP contribution in [-0.2, 0) is 9.53 Å². The number of carbonyl (C=O) groups excluding carboxylic acids is 1. The van der Waals surface area contributed by atoms with Gasteiger partial charge in [-0.2, -0.15) is 0 Å². The molecule has 0 bridgehead atoms. The first-order chi connectivity index (χ1) is 8.00. The second-order valence-electron chi connectivity index (χ2n) is 4.24. The Labute approximate surface area is 101 Å². The van der Waals surface area contributed by atoms with Crippen molar-refractivity contribution >= 4 is 5.97 Å². The Balaban J connectivity index is 2.48. The lowest BCUT2D eigenvalue weighted by molar-refractivity contribution is -0.147. The molecule has 0 fully saturated rings. The van der Waals surface area contributed by atoms with Gasteiger partial charge in [-0.05, 0) is 26.3 Å². The zero-order chi connectivity index (χ0) is 12.8. The third-order valence-corrected chi connectivity index (χ3v) is 2.36. The lowest BCUT2D eigenvalue weighted by Gasteiger charge is -2.13. The molecule has 0 saturated carbocycles. The van der Waals surface area contributed by atoms with E-state index in [1.54, 1.807) is 38.1 Å². The zero-order valence-corrected chi connectivity index (χ0v) is 10.2. The molecule has 0 spiro atoms. The molecule has 94 valence electrons. The number of esters is 1. The van der Waals surface area contributed by atoms with Crippen molar-refractivity contribution in [1.29, 1.82) is 0 Å². The van der Waals surface area contributed by atoms with Crippen LogP contribution >= 0.6 is 0 Å². The van der Waals surface area contributed by atoms with Gasteiger partial charge in [0.25, 0.3) is 0 Å². The van der Waals surface area contributed by atoms with Gasteiger partial charge in [0, 0.05) is 18.0 Å². The second kappa shape index (κ2) is 6.25. The summed E-state index contributed by atoms with van der Waals surface area (Å²) in [5.74, 6) is -0.0944. The first-order valence-corrected chi connectivity index (χ1v) is 5.73. The van der Waals surface area contributed by atoms with Crippen LogP contribution in [0.2, 0.25) is 0 Å². The van der Waals surface area contributed by atoms with Crippen molar-refractivity contribution in [2.45, 2.75) is 38.8 Å². The van der Waals surface area contributed by atoms with Gasteiger partial charge in [0.1, 0.15) is 5.75 Å². The van der Waals surface area contributed by atoms with Crippen LogP contribution in [0.4, 0.5) is 0 Å². The van der Waals surface area contributed by atoms with Crippen molar-refractivity contribution in [1.82, 2.24) is 0 Å². The highest BCUT2D eigenvalue weighted by Gasteiger charge is 2.13. The van der Waals surface area contributed by atoms with Crippen LogP contribution < -0.4 is 5.73 Å². The number of nitrogens with two attached hydrogens (primary N) is 1. The average Bonchev–Trinajstić information content (AvgIpc) is 2.25. The predicted molar refractivity (Wildman–Crippen MR) is 65.5 cm³/mol. The number of carbonyl (C=O) groups is 1. The van der Waals surface area contributed by atoms with Crippen LogP contribution in [0.3, 0.4) is 0 Å². The van der Waals surface area contributed by atoms with E-state index < -0.39 is 0 Å². The Kier molecular flexibility index (Phi) is 4.97. The fraction of sp³-hybridized carbons (Fsp3) is 0.462. The zero-order valence-electron chi connectivity index (χ0n) is 10.2. The number of benzene rings is 1. The van der Waals surface area contributed by atoms with Gasteiger partial charge in [-0.15, -0.1) is 0 Å². The number of hydrogen-bond acceptors (Lipinski definition) is 4. The molecule has 17 heavy (non-hydrogen) atoms. The van der Waals surface area contributed by atoms with Gasteiger partial charge >= 0.3 is 5.97 Å². The highest BCUT2D eigenvalue weighted by Crippen LogP contribution is 2.24. The van der Waals surface area contributed by atoms with Crippen LogP contribution in [0.15, 0.2) is 24.3 Å². The first-order valence-electron chi connectivity index (χ1n) is 5.73. The van der Waals surface area contributed by atoms with E-state index in [0.29, 0.717) is 12.0 Å². The summed E-state index contributed by atoms with van der Waals surface area (Å²) < 4.78 is 5.01. The maximum atomic E-state index is 11.3. The van der Waals surface area contributed by atoms with Gasteiger partial charge in [-0.25, -0.2) is 0 Å². The van der Waals surface area contributed by atoms with E-state index in [4.69, 9.17) is 10.5 Å². The Morgan fingerprint density at radius 3 is 2.65 bits per heavy atom. The molecule has 0 aromatic heterocycles. The number of rotatable bonds is 5. The number of phenolic OH excluding ortho intramolecular Hbond substituents is 1. The number of phenols is 1. The van der Waals surface area contributed by atoms with E-state index in [-0.39, 0.29) is 30.3 Å². The van der Waals surface area contributed by atoms with Gasteiger partial charge in [0.05, 0.1) is 6.10 Å². The fourth-order valence-corrected chi connectivity index (χ4v) is 1.55. The SMILES string of the molecule is CC(C)OC(=O)CCC(N)c1ccccc1O. The number of para-hydroxylation sites is 1. The Hall–Kier alpha value is -1.55. The predicted octanol–water partition coefficient (Wildman–Crippen LogP) is 2.12. The van der Waals surface area contributed by atoms with Gasteiger partial charge in [0.15, 0.2) is 0 Å².